The number of fused-ring (bicyclic) bond motifs is 1. The summed E-state index contributed by atoms with van der Waals surface area (Å²) in [5, 5.41) is 0.724. The Kier molecular flexibility index (Phi) is 8.23. The van der Waals surface area contributed by atoms with Crippen LogP contribution in [0.25, 0.3) is 10.2 Å². The van der Waals surface area contributed by atoms with Crippen LogP contribution in [0.15, 0.2) is 48.5 Å². The van der Waals surface area contributed by atoms with Crippen molar-refractivity contribution < 1.29 is 9.53 Å². The lowest BCUT2D eigenvalue weighted by molar-refractivity contribution is -0.120. The van der Waals surface area contributed by atoms with Crippen LogP contribution in [0.4, 0.5) is 5.13 Å². The number of amides is 1. The number of hydrogen-bond donors (Lipinski definition) is 0. The molecule has 3 aromatic rings. The van der Waals surface area contributed by atoms with Gasteiger partial charge in [0.2, 0.25) is 0 Å². The molecule has 1 aromatic heterocycles. The van der Waals surface area contributed by atoms with Gasteiger partial charge in [-0.3, -0.25) is 9.69 Å². The van der Waals surface area contributed by atoms with E-state index in [1.54, 1.807) is 16.2 Å². The summed E-state index contributed by atoms with van der Waals surface area (Å²) in [6, 6.07) is 15.7. The van der Waals surface area contributed by atoms with E-state index in [9.17, 15) is 4.79 Å². The van der Waals surface area contributed by atoms with Gasteiger partial charge in [-0.1, -0.05) is 42.5 Å². The molecule has 7 heteroatoms. The maximum absolute atomic E-state index is 12.9. The molecule has 3 rings (SSSR count). The second-order valence-corrected chi connectivity index (χ2v) is 7.61. The molecule has 0 aliphatic heterocycles. The number of carbonyl (C=O) groups is 1. The molecular formula is C21H26ClN3O2S. The monoisotopic (exact) mass is 419 g/mol. The number of benzene rings is 2. The van der Waals surface area contributed by atoms with Crippen molar-refractivity contribution in [1.82, 2.24) is 9.88 Å². The fourth-order valence-corrected chi connectivity index (χ4v) is 3.73. The number of likely N-dealkylation sites (N-methyl/N-ethyl adjacent to an activating group) is 1. The van der Waals surface area contributed by atoms with Crippen LogP contribution >= 0.6 is 23.7 Å². The van der Waals surface area contributed by atoms with Crippen molar-refractivity contribution in [3.63, 3.8) is 0 Å². The van der Waals surface area contributed by atoms with Gasteiger partial charge in [0, 0.05) is 13.1 Å². The molecule has 0 saturated heterocycles. The minimum Gasteiger partial charge on any atom is -0.484 e. The fourth-order valence-electron chi connectivity index (χ4n) is 2.66. The highest BCUT2D eigenvalue weighted by molar-refractivity contribution is 7.22. The zero-order valence-corrected chi connectivity index (χ0v) is 18.1. The van der Waals surface area contributed by atoms with Gasteiger partial charge >= 0.3 is 0 Å². The highest BCUT2D eigenvalue weighted by atomic mass is 35.5. The molecule has 150 valence electrons. The van der Waals surface area contributed by atoms with E-state index in [-0.39, 0.29) is 24.9 Å². The maximum atomic E-state index is 12.9. The summed E-state index contributed by atoms with van der Waals surface area (Å²) >= 11 is 1.56. The number of aromatic nitrogens is 1. The van der Waals surface area contributed by atoms with Gasteiger partial charge in [-0.15, -0.1) is 12.4 Å². The first-order valence-corrected chi connectivity index (χ1v) is 9.91. The molecule has 0 radical (unpaired) electrons. The Morgan fingerprint density at radius 1 is 1.11 bits per heavy atom. The maximum Gasteiger partial charge on any atom is 0.266 e. The molecule has 5 nitrogen and oxygen atoms in total. The van der Waals surface area contributed by atoms with Gasteiger partial charge in [0.25, 0.3) is 5.91 Å². The Hall–Kier alpha value is -2.15. The molecule has 0 spiro atoms. The summed E-state index contributed by atoms with van der Waals surface area (Å²) in [4.78, 5) is 21.4. The summed E-state index contributed by atoms with van der Waals surface area (Å²) in [7, 11) is 3.99. The van der Waals surface area contributed by atoms with E-state index < -0.39 is 0 Å². The molecule has 0 N–H and O–H groups in total. The number of halogens is 1. The Morgan fingerprint density at radius 3 is 2.54 bits per heavy atom. The van der Waals surface area contributed by atoms with Crippen molar-refractivity contribution in [2.45, 2.75) is 13.3 Å². The number of ether oxygens (including phenoxy) is 1. The number of thiazole rings is 1. The van der Waals surface area contributed by atoms with Gasteiger partial charge < -0.3 is 9.64 Å². The van der Waals surface area contributed by atoms with Gasteiger partial charge in [0.1, 0.15) is 5.75 Å². The average molecular weight is 420 g/mol. The molecule has 2 aromatic carbocycles. The standard InChI is InChI=1S/C21H25N3O2S.ClH/c1-4-16-10-11-18-19(14-16)27-21(22-18)24(13-12-23(2)3)20(25)15-26-17-8-6-5-7-9-17;/h5-11,14H,4,12-13,15H2,1-3H3;1H. The lowest BCUT2D eigenvalue weighted by Crippen LogP contribution is -2.39. The Morgan fingerprint density at radius 2 is 1.86 bits per heavy atom. The quantitative estimate of drug-likeness (QED) is 0.547. The average Bonchev–Trinajstić information content (AvgIpc) is 3.09. The predicted octanol–water partition coefficient (Wildman–Crippen LogP) is 4.25. The van der Waals surface area contributed by atoms with Crippen LogP contribution in [0.5, 0.6) is 5.75 Å². The lowest BCUT2D eigenvalue weighted by atomic mass is 10.2. The zero-order valence-electron chi connectivity index (χ0n) is 16.4. The van der Waals surface area contributed by atoms with Gasteiger partial charge in [0.05, 0.1) is 10.2 Å². The van der Waals surface area contributed by atoms with Crippen molar-refractivity contribution in [3.05, 3.63) is 54.1 Å². The number of rotatable bonds is 8. The summed E-state index contributed by atoms with van der Waals surface area (Å²) < 4.78 is 6.77. The van der Waals surface area contributed by atoms with E-state index in [1.807, 2.05) is 50.5 Å². The third-order valence-electron chi connectivity index (χ3n) is 4.26. The van der Waals surface area contributed by atoms with Crippen LogP contribution in [0.3, 0.4) is 0 Å². The van der Waals surface area contributed by atoms with Crippen LogP contribution in [-0.2, 0) is 11.2 Å². The summed E-state index contributed by atoms with van der Waals surface area (Å²) in [5.41, 5.74) is 2.20. The molecule has 0 bridgehead atoms. The molecule has 0 atom stereocenters. The van der Waals surface area contributed by atoms with Crippen molar-refractivity contribution in [3.8, 4) is 5.75 Å². The van der Waals surface area contributed by atoms with E-state index in [4.69, 9.17) is 9.72 Å². The van der Waals surface area contributed by atoms with Crippen molar-refractivity contribution in [1.29, 1.82) is 0 Å². The number of para-hydroxylation sites is 1. The number of anilines is 1. The van der Waals surface area contributed by atoms with Gasteiger partial charge in [-0.2, -0.15) is 0 Å². The van der Waals surface area contributed by atoms with Crippen molar-refractivity contribution in [2.75, 3.05) is 38.7 Å². The first-order valence-electron chi connectivity index (χ1n) is 9.09. The van der Waals surface area contributed by atoms with E-state index in [2.05, 4.69) is 24.0 Å². The van der Waals surface area contributed by atoms with Crippen LogP contribution in [0.2, 0.25) is 0 Å². The van der Waals surface area contributed by atoms with E-state index in [0.29, 0.717) is 12.3 Å². The second-order valence-electron chi connectivity index (χ2n) is 6.60. The first-order chi connectivity index (χ1) is 13.1. The SMILES string of the molecule is CCc1ccc2nc(N(CCN(C)C)C(=O)COc3ccccc3)sc2c1.Cl. The summed E-state index contributed by atoms with van der Waals surface area (Å²) in [6.07, 6.45) is 0.983. The first kappa shape index (κ1) is 22.1. The normalized spacial score (nSPS) is 10.7. The molecule has 1 heterocycles. The largest absolute Gasteiger partial charge is 0.484 e. The molecular weight excluding hydrogens is 394 g/mol. The molecule has 0 aliphatic rings. The van der Waals surface area contributed by atoms with Gasteiger partial charge in [-0.05, 0) is 50.3 Å². The van der Waals surface area contributed by atoms with Crippen molar-refractivity contribution >= 4 is 45.0 Å². The second kappa shape index (κ2) is 10.4. The lowest BCUT2D eigenvalue weighted by Gasteiger charge is -2.22. The van der Waals surface area contributed by atoms with E-state index in [1.165, 1.54) is 5.56 Å². The molecule has 0 saturated carbocycles. The molecule has 28 heavy (non-hydrogen) atoms. The highest BCUT2D eigenvalue weighted by Gasteiger charge is 2.20. The number of hydrogen-bond acceptors (Lipinski definition) is 5. The third kappa shape index (κ3) is 5.67. The highest BCUT2D eigenvalue weighted by Crippen LogP contribution is 2.30. The Labute approximate surface area is 176 Å². The topological polar surface area (TPSA) is 45.7 Å². The minimum absolute atomic E-state index is 0. The number of aryl methyl sites for hydroxylation is 1. The Bertz CT molecular complexity index is 899. The van der Waals surface area contributed by atoms with Crippen LogP contribution in [0, 0.1) is 0 Å². The van der Waals surface area contributed by atoms with Crippen LogP contribution in [-0.4, -0.2) is 49.6 Å². The van der Waals surface area contributed by atoms with Crippen LogP contribution in [0.1, 0.15) is 12.5 Å². The van der Waals surface area contributed by atoms with Crippen molar-refractivity contribution in [2.24, 2.45) is 0 Å². The number of nitrogens with zero attached hydrogens (tertiary/aromatic N) is 3. The van der Waals surface area contributed by atoms with E-state index in [0.717, 1.165) is 28.3 Å². The molecule has 0 fully saturated rings. The zero-order chi connectivity index (χ0) is 19.2. The Balaban J connectivity index is 0.00000280. The summed E-state index contributed by atoms with van der Waals surface area (Å²) in [5.74, 6) is 0.603. The minimum atomic E-state index is -0.0875. The predicted molar refractivity (Wildman–Crippen MR) is 119 cm³/mol. The van der Waals surface area contributed by atoms with Gasteiger partial charge in [0.15, 0.2) is 11.7 Å². The smallest absolute Gasteiger partial charge is 0.266 e. The fraction of sp³-hybridized carbons (Fsp3) is 0.333. The molecule has 0 aliphatic carbocycles. The molecule has 1 amide bonds. The third-order valence-corrected chi connectivity index (χ3v) is 5.30. The van der Waals surface area contributed by atoms with Crippen LogP contribution < -0.4 is 9.64 Å². The number of carbonyl (C=O) groups excluding carboxylic acids is 1. The summed E-state index contributed by atoms with van der Waals surface area (Å²) in [6.45, 7) is 3.46. The molecule has 0 unspecified atom stereocenters. The van der Waals surface area contributed by atoms with E-state index >= 15 is 0 Å². The van der Waals surface area contributed by atoms with Gasteiger partial charge in [-0.25, -0.2) is 4.98 Å².